The molecule has 0 bridgehead atoms. The van der Waals surface area contributed by atoms with E-state index in [0.29, 0.717) is 16.6 Å². The molecule has 1 atom stereocenters. The molecule has 118 valence electrons. The van der Waals surface area contributed by atoms with Crippen molar-refractivity contribution in [3.63, 3.8) is 0 Å². The largest absolute Gasteiger partial charge is 0.419 e. The van der Waals surface area contributed by atoms with Crippen LogP contribution in [0.4, 0.5) is 5.69 Å². The molecule has 2 aromatic heterocycles. The zero-order valence-electron chi connectivity index (χ0n) is 11.7. The van der Waals surface area contributed by atoms with Crippen molar-refractivity contribution in [2.75, 3.05) is 0 Å². The van der Waals surface area contributed by atoms with Crippen LogP contribution in [-0.2, 0) is 0 Å². The van der Waals surface area contributed by atoms with Crippen molar-refractivity contribution in [1.82, 2.24) is 25.4 Å². The molecule has 0 saturated carbocycles. The Labute approximate surface area is 132 Å². The molecule has 0 fully saturated rings. The SMILES string of the molecule is CC(Sc1n[nH]c(=O)[nH]1)c1nnc(-c2ccc([N+](=O)[O-])cc2)o1. The number of thioether (sulfide) groups is 1. The fourth-order valence-electron chi connectivity index (χ4n) is 1.77. The van der Waals surface area contributed by atoms with Gasteiger partial charge in [-0.25, -0.2) is 9.89 Å². The quantitative estimate of drug-likeness (QED) is 0.409. The second-order valence-corrected chi connectivity index (χ2v) is 5.82. The van der Waals surface area contributed by atoms with Gasteiger partial charge in [-0.15, -0.1) is 15.3 Å². The summed E-state index contributed by atoms with van der Waals surface area (Å²) in [4.78, 5) is 23.7. The third kappa shape index (κ3) is 3.29. The average molecular weight is 334 g/mol. The molecule has 0 radical (unpaired) electrons. The molecule has 2 N–H and O–H groups in total. The lowest BCUT2D eigenvalue weighted by atomic mass is 10.2. The Balaban J connectivity index is 1.76. The zero-order chi connectivity index (χ0) is 16.4. The van der Waals surface area contributed by atoms with Crippen LogP contribution in [0.15, 0.2) is 38.6 Å². The summed E-state index contributed by atoms with van der Waals surface area (Å²) < 4.78 is 5.57. The molecule has 0 aliphatic rings. The van der Waals surface area contributed by atoms with Gasteiger partial charge in [-0.05, 0) is 19.1 Å². The maximum Gasteiger partial charge on any atom is 0.341 e. The van der Waals surface area contributed by atoms with Gasteiger partial charge >= 0.3 is 5.69 Å². The molecule has 11 heteroatoms. The Kier molecular flexibility index (Phi) is 3.93. The zero-order valence-corrected chi connectivity index (χ0v) is 12.5. The molecule has 0 spiro atoms. The number of H-pyrrole nitrogens is 2. The first-order valence-electron chi connectivity index (χ1n) is 6.42. The number of non-ortho nitro benzene ring substituents is 1. The summed E-state index contributed by atoms with van der Waals surface area (Å²) in [5.41, 5.74) is 0.177. The van der Waals surface area contributed by atoms with Crippen LogP contribution in [0, 0.1) is 10.1 Å². The molecule has 10 nitrogen and oxygen atoms in total. The first-order chi connectivity index (χ1) is 11.0. The first kappa shape index (κ1) is 15.0. The normalized spacial score (nSPS) is 12.2. The summed E-state index contributed by atoms with van der Waals surface area (Å²) in [6, 6.07) is 5.81. The monoisotopic (exact) mass is 334 g/mol. The predicted octanol–water partition coefficient (Wildman–Crippen LogP) is 1.91. The fourth-order valence-corrected chi connectivity index (χ4v) is 2.55. The van der Waals surface area contributed by atoms with E-state index in [1.54, 1.807) is 12.1 Å². The average Bonchev–Trinajstić information content (AvgIpc) is 3.16. The van der Waals surface area contributed by atoms with Crippen molar-refractivity contribution < 1.29 is 9.34 Å². The second-order valence-electron chi connectivity index (χ2n) is 4.49. The van der Waals surface area contributed by atoms with E-state index in [2.05, 4.69) is 25.4 Å². The van der Waals surface area contributed by atoms with Gasteiger partial charge in [0.15, 0.2) is 5.16 Å². The standard InChI is InChI=1S/C12H10N6O4S/c1-6(23-12-13-11(19)16-17-12)9-14-15-10(22-9)7-2-4-8(5-3-7)18(20)21/h2-6H,1H3,(H2,13,16,17,19). The Morgan fingerprint density at radius 3 is 2.65 bits per heavy atom. The van der Waals surface area contributed by atoms with E-state index >= 15 is 0 Å². The van der Waals surface area contributed by atoms with Crippen LogP contribution in [0.2, 0.25) is 0 Å². The molecular formula is C12H10N6O4S. The van der Waals surface area contributed by atoms with Crippen molar-refractivity contribution in [3.05, 3.63) is 50.8 Å². The first-order valence-corrected chi connectivity index (χ1v) is 7.30. The van der Waals surface area contributed by atoms with Crippen LogP contribution in [-0.4, -0.2) is 30.3 Å². The Hall–Kier alpha value is -2.95. The number of nitro benzene ring substituents is 1. The fraction of sp³-hybridized carbons (Fsp3) is 0.167. The van der Waals surface area contributed by atoms with Crippen molar-refractivity contribution in [1.29, 1.82) is 0 Å². The van der Waals surface area contributed by atoms with Crippen molar-refractivity contribution in [2.24, 2.45) is 0 Å². The summed E-state index contributed by atoms with van der Waals surface area (Å²) in [6.07, 6.45) is 0. The number of nitrogens with zero attached hydrogens (tertiary/aromatic N) is 4. The summed E-state index contributed by atoms with van der Waals surface area (Å²) >= 11 is 1.25. The lowest BCUT2D eigenvalue weighted by molar-refractivity contribution is -0.384. The molecule has 0 aliphatic heterocycles. The van der Waals surface area contributed by atoms with E-state index in [4.69, 9.17) is 4.42 Å². The van der Waals surface area contributed by atoms with Gasteiger partial charge in [0.2, 0.25) is 11.8 Å². The highest BCUT2D eigenvalue weighted by atomic mass is 32.2. The topological polar surface area (TPSA) is 144 Å². The molecule has 0 aliphatic carbocycles. The maximum atomic E-state index is 11.0. The summed E-state index contributed by atoms with van der Waals surface area (Å²) in [5.74, 6) is 0.616. The van der Waals surface area contributed by atoms with E-state index in [0.717, 1.165) is 0 Å². The summed E-state index contributed by atoms with van der Waals surface area (Å²) in [5, 5.41) is 24.8. The lowest BCUT2D eigenvalue weighted by Crippen LogP contribution is -2.00. The molecule has 0 amide bonds. The Morgan fingerprint density at radius 1 is 1.30 bits per heavy atom. The van der Waals surface area contributed by atoms with Gasteiger partial charge in [-0.2, -0.15) is 0 Å². The third-order valence-corrected chi connectivity index (χ3v) is 3.85. The van der Waals surface area contributed by atoms with Crippen LogP contribution in [0.5, 0.6) is 0 Å². The smallest absolute Gasteiger partial charge is 0.341 e. The lowest BCUT2D eigenvalue weighted by Gasteiger charge is -2.02. The van der Waals surface area contributed by atoms with Gasteiger partial charge in [0.25, 0.3) is 5.69 Å². The number of aromatic amines is 2. The van der Waals surface area contributed by atoms with E-state index in [1.165, 1.54) is 23.9 Å². The summed E-state index contributed by atoms with van der Waals surface area (Å²) in [6.45, 7) is 1.82. The van der Waals surface area contributed by atoms with E-state index < -0.39 is 10.6 Å². The van der Waals surface area contributed by atoms with Gasteiger partial charge in [-0.1, -0.05) is 11.8 Å². The van der Waals surface area contributed by atoms with E-state index in [9.17, 15) is 14.9 Å². The Morgan fingerprint density at radius 2 is 2.04 bits per heavy atom. The number of nitrogens with one attached hydrogen (secondary N) is 2. The van der Waals surface area contributed by atoms with Crippen LogP contribution < -0.4 is 5.69 Å². The second kappa shape index (κ2) is 6.04. The van der Waals surface area contributed by atoms with Crippen molar-refractivity contribution >= 4 is 17.4 Å². The highest BCUT2D eigenvalue weighted by Gasteiger charge is 2.18. The molecular weight excluding hydrogens is 324 g/mol. The molecule has 3 aromatic rings. The van der Waals surface area contributed by atoms with Crippen molar-refractivity contribution in [3.8, 4) is 11.5 Å². The maximum absolute atomic E-state index is 11.0. The summed E-state index contributed by atoms with van der Waals surface area (Å²) in [7, 11) is 0. The molecule has 23 heavy (non-hydrogen) atoms. The number of rotatable bonds is 5. The van der Waals surface area contributed by atoms with Gasteiger partial charge in [0.05, 0.1) is 10.2 Å². The minimum atomic E-state index is -0.480. The van der Waals surface area contributed by atoms with Crippen LogP contribution in [0.25, 0.3) is 11.5 Å². The number of benzene rings is 1. The molecule has 1 aromatic carbocycles. The predicted molar refractivity (Wildman–Crippen MR) is 79.9 cm³/mol. The van der Waals surface area contributed by atoms with Gasteiger partial charge in [-0.3, -0.25) is 15.1 Å². The van der Waals surface area contributed by atoms with Crippen molar-refractivity contribution in [2.45, 2.75) is 17.3 Å². The molecule has 1 unspecified atom stereocenters. The number of aromatic nitrogens is 5. The number of hydrogen-bond acceptors (Lipinski definition) is 8. The third-order valence-electron chi connectivity index (χ3n) is 2.88. The molecule has 3 rings (SSSR count). The molecule has 2 heterocycles. The number of nitro groups is 1. The molecule has 0 saturated heterocycles. The van der Waals surface area contributed by atoms with E-state index in [1.807, 2.05) is 6.92 Å². The van der Waals surface area contributed by atoms with Crippen LogP contribution in [0.1, 0.15) is 18.1 Å². The van der Waals surface area contributed by atoms with Crippen LogP contribution in [0.3, 0.4) is 0 Å². The highest BCUT2D eigenvalue weighted by molar-refractivity contribution is 7.99. The van der Waals surface area contributed by atoms with Gasteiger partial charge in [0, 0.05) is 17.7 Å². The number of hydrogen-bond donors (Lipinski definition) is 2. The highest BCUT2D eigenvalue weighted by Crippen LogP contribution is 2.32. The van der Waals surface area contributed by atoms with Crippen LogP contribution >= 0.6 is 11.8 Å². The van der Waals surface area contributed by atoms with Gasteiger partial charge < -0.3 is 4.42 Å². The van der Waals surface area contributed by atoms with Gasteiger partial charge in [0.1, 0.15) is 0 Å². The minimum Gasteiger partial charge on any atom is -0.419 e. The Bertz CT molecular complexity index is 883. The van der Waals surface area contributed by atoms with E-state index in [-0.39, 0.29) is 16.8 Å². The minimum absolute atomic E-state index is 0.0140.